The van der Waals surface area contributed by atoms with Crippen molar-refractivity contribution in [2.75, 3.05) is 53.6 Å². The molecule has 1 N–H and O–H groups in total. The number of amides is 1. The lowest BCUT2D eigenvalue weighted by molar-refractivity contribution is -0.136. The van der Waals surface area contributed by atoms with Crippen molar-refractivity contribution in [3.63, 3.8) is 0 Å². The highest BCUT2D eigenvalue weighted by molar-refractivity contribution is 5.79. The molecule has 0 aromatic rings. The molecule has 0 saturated carbocycles. The van der Waals surface area contributed by atoms with Gasteiger partial charge < -0.3 is 19.7 Å². The molecule has 1 fully saturated rings. The summed E-state index contributed by atoms with van der Waals surface area (Å²) in [6.07, 6.45) is 2.97. The van der Waals surface area contributed by atoms with Crippen molar-refractivity contribution >= 4 is 5.91 Å². The molecule has 1 amide bonds. The van der Waals surface area contributed by atoms with Crippen LogP contribution < -0.4 is 5.32 Å². The van der Waals surface area contributed by atoms with E-state index >= 15 is 0 Å². The van der Waals surface area contributed by atoms with Crippen molar-refractivity contribution in [3.8, 4) is 0 Å². The Morgan fingerprint density at radius 1 is 1.28 bits per heavy atom. The van der Waals surface area contributed by atoms with E-state index in [1.807, 2.05) is 4.90 Å². The monoisotopic (exact) mass is 258 g/mol. The number of hydrogen-bond acceptors (Lipinski definition) is 4. The van der Waals surface area contributed by atoms with Crippen molar-refractivity contribution in [2.45, 2.75) is 19.3 Å². The number of carbonyl (C=O) groups is 1. The Bertz CT molecular complexity index is 230. The zero-order chi connectivity index (χ0) is 13.2. The molecular weight excluding hydrogens is 232 g/mol. The summed E-state index contributed by atoms with van der Waals surface area (Å²) in [5, 5.41) is 3.29. The van der Waals surface area contributed by atoms with Gasteiger partial charge in [0, 0.05) is 40.5 Å². The lowest BCUT2D eigenvalue weighted by Crippen LogP contribution is -2.44. The topological polar surface area (TPSA) is 50.8 Å². The van der Waals surface area contributed by atoms with Crippen LogP contribution in [0.3, 0.4) is 0 Å². The fraction of sp³-hybridized carbons (Fsp3) is 0.923. The third kappa shape index (κ3) is 5.33. The van der Waals surface area contributed by atoms with E-state index in [0.717, 1.165) is 38.9 Å². The predicted octanol–water partition coefficient (Wildman–Crippen LogP) is 0.498. The molecule has 0 spiro atoms. The summed E-state index contributed by atoms with van der Waals surface area (Å²) in [7, 11) is 3.35. The van der Waals surface area contributed by atoms with E-state index in [-0.39, 0.29) is 11.8 Å². The fourth-order valence-electron chi connectivity index (χ4n) is 2.25. The maximum absolute atomic E-state index is 12.4. The Morgan fingerprint density at radius 3 is 2.67 bits per heavy atom. The molecule has 1 saturated heterocycles. The summed E-state index contributed by atoms with van der Waals surface area (Å²) in [5.41, 5.74) is 0. The van der Waals surface area contributed by atoms with Crippen molar-refractivity contribution in [1.29, 1.82) is 0 Å². The van der Waals surface area contributed by atoms with Crippen molar-refractivity contribution in [3.05, 3.63) is 0 Å². The number of carbonyl (C=O) groups excluding carboxylic acids is 1. The molecule has 1 aliphatic rings. The summed E-state index contributed by atoms with van der Waals surface area (Å²) in [5.74, 6) is 0.397. The van der Waals surface area contributed by atoms with Crippen LogP contribution in [0.15, 0.2) is 0 Å². The molecule has 18 heavy (non-hydrogen) atoms. The molecule has 5 nitrogen and oxygen atoms in total. The maximum atomic E-state index is 12.4. The number of nitrogens with zero attached hydrogens (tertiary/aromatic N) is 1. The van der Waals surface area contributed by atoms with E-state index in [0.29, 0.717) is 19.8 Å². The summed E-state index contributed by atoms with van der Waals surface area (Å²) < 4.78 is 10.1. The first kappa shape index (κ1) is 15.4. The van der Waals surface area contributed by atoms with Gasteiger partial charge in [-0.25, -0.2) is 0 Å². The molecule has 1 unspecified atom stereocenters. The average Bonchev–Trinajstić information content (AvgIpc) is 2.43. The van der Waals surface area contributed by atoms with E-state index in [1.54, 1.807) is 14.2 Å². The highest BCUT2D eigenvalue weighted by atomic mass is 16.5. The lowest BCUT2D eigenvalue weighted by atomic mass is 9.98. The SMILES string of the molecule is COCCCN(CCOC)C(=O)C1CCCNC1. The summed E-state index contributed by atoms with van der Waals surface area (Å²) >= 11 is 0. The van der Waals surface area contributed by atoms with Gasteiger partial charge >= 0.3 is 0 Å². The molecule has 0 bridgehead atoms. The highest BCUT2D eigenvalue weighted by Crippen LogP contribution is 2.13. The van der Waals surface area contributed by atoms with Crippen molar-refractivity contribution < 1.29 is 14.3 Å². The quantitative estimate of drug-likeness (QED) is 0.644. The molecule has 0 aromatic heterocycles. The highest BCUT2D eigenvalue weighted by Gasteiger charge is 2.25. The minimum atomic E-state index is 0.137. The second-order valence-corrected chi connectivity index (χ2v) is 4.71. The Hall–Kier alpha value is -0.650. The van der Waals surface area contributed by atoms with Gasteiger partial charge in [-0.05, 0) is 25.8 Å². The summed E-state index contributed by atoms with van der Waals surface area (Å²) in [6.45, 7) is 4.57. The number of methoxy groups -OCH3 is 2. The van der Waals surface area contributed by atoms with Crippen LogP contribution in [-0.4, -0.2) is 64.4 Å². The van der Waals surface area contributed by atoms with Crippen LogP contribution in [0, 0.1) is 5.92 Å². The van der Waals surface area contributed by atoms with Crippen LogP contribution in [0.4, 0.5) is 0 Å². The Labute approximate surface area is 110 Å². The van der Waals surface area contributed by atoms with Crippen LogP contribution in [-0.2, 0) is 14.3 Å². The Morgan fingerprint density at radius 2 is 2.06 bits per heavy atom. The molecular formula is C13H26N2O3. The smallest absolute Gasteiger partial charge is 0.227 e. The second-order valence-electron chi connectivity index (χ2n) is 4.71. The zero-order valence-corrected chi connectivity index (χ0v) is 11.6. The van der Waals surface area contributed by atoms with Gasteiger partial charge in [-0.2, -0.15) is 0 Å². The lowest BCUT2D eigenvalue weighted by Gasteiger charge is -2.29. The van der Waals surface area contributed by atoms with E-state index in [4.69, 9.17) is 9.47 Å². The van der Waals surface area contributed by atoms with Gasteiger partial charge in [-0.1, -0.05) is 0 Å². The molecule has 106 valence electrons. The average molecular weight is 258 g/mol. The van der Waals surface area contributed by atoms with Gasteiger partial charge in [0.2, 0.25) is 5.91 Å². The van der Waals surface area contributed by atoms with Crippen molar-refractivity contribution in [2.24, 2.45) is 5.92 Å². The number of hydrogen-bond donors (Lipinski definition) is 1. The van der Waals surface area contributed by atoms with Gasteiger partial charge in [-0.15, -0.1) is 0 Å². The van der Waals surface area contributed by atoms with Gasteiger partial charge in [0.05, 0.1) is 12.5 Å². The van der Waals surface area contributed by atoms with E-state index in [1.165, 1.54) is 0 Å². The molecule has 0 aromatic carbocycles. The Balaban J connectivity index is 2.42. The largest absolute Gasteiger partial charge is 0.385 e. The first-order valence-electron chi connectivity index (χ1n) is 6.77. The number of nitrogens with one attached hydrogen (secondary N) is 1. The maximum Gasteiger partial charge on any atom is 0.227 e. The third-order valence-electron chi connectivity index (χ3n) is 3.30. The van der Waals surface area contributed by atoms with Gasteiger partial charge in [-0.3, -0.25) is 4.79 Å². The molecule has 0 aliphatic carbocycles. The van der Waals surface area contributed by atoms with Crippen LogP contribution in [0.5, 0.6) is 0 Å². The first-order valence-corrected chi connectivity index (χ1v) is 6.77. The van der Waals surface area contributed by atoms with Crippen LogP contribution >= 0.6 is 0 Å². The minimum Gasteiger partial charge on any atom is -0.385 e. The van der Waals surface area contributed by atoms with E-state index in [2.05, 4.69) is 5.32 Å². The standard InChI is InChI=1S/C13H26N2O3/c1-17-9-4-7-15(8-10-18-2)13(16)12-5-3-6-14-11-12/h12,14H,3-11H2,1-2H3. The molecule has 1 atom stereocenters. The summed E-state index contributed by atoms with van der Waals surface area (Å²) in [4.78, 5) is 14.3. The first-order chi connectivity index (χ1) is 8.79. The second kappa shape index (κ2) is 9.30. The number of piperidine rings is 1. The molecule has 1 aliphatic heterocycles. The van der Waals surface area contributed by atoms with Gasteiger partial charge in [0.25, 0.3) is 0 Å². The molecule has 1 heterocycles. The van der Waals surface area contributed by atoms with Crippen LogP contribution in [0.2, 0.25) is 0 Å². The molecule has 5 heteroatoms. The predicted molar refractivity (Wildman–Crippen MR) is 70.5 cm³/mol. The van der Waals surface area contributed by atoms with Gasteiger partial charge in [0.1, 0.15) is 0 Å². The number of ether oxygens (including phenoxy) is 2. The van der Waals surface area contributed by atoms with Crippen molar-refractivity contribution in [1.82, 2.24) is 10.2 Å². The van der Waals surface area contributed by atoms with Crippen LogP contribution in [0.1, 0.15) is 19.3 Å². The number of rotatable bonds is 8. The minimum absolute atomic E-state index is 0.137. The fourth-order valence-corrected chi connectivity index (χ4v) is 2.25. The van der Waals surface area contributed by atoms with E-state index < -0.39 is 0 Å². The zero-order valence-electron chi connectivity index (χ0n) is 11.6. The van der Waals surface area contributed by atoms with Crippen LogP contribution in [0.25, 0.3) is 0 Å². The normalized spacial score (nSPS) is 19.8. The van der Waals surface area contributed by atoms with Gasteiger partial charge in [0.15, 0.2) is 0 Å². The third-order valence-corrected chi connectivity index (χ3v) is 3.30. The van der Waals surface area contributed by atoms with E-state index in [9.17, 15) is 4.79 Å². The Kier molecular flexibility index (Phi) is 7.96. The molecule has 1 rings (SSSR count). The molecule has 0 radical (unpaired) electrons. The summed E-state index contributed by atoms with van der Waals surface area (Å²) in [6, 6.07) is 0.